The number of benzene rings is 1. The summed E-state index contributed by atoms with van der Waals surface area (Å²) in [6.07, 6.45) is 4.25. The molecule has 1 aliphatic carbocycles. The molecule has 1 aromatic heterocycles. The second kappa shape index (κ2) is 5.63. The summed E-state index contributed by atoms with van der Waals surface area (Å²) in [4.78, 5) is 16.3. The Hall–Kier alpha value is -1.87. The fourth-order valence-corrected chi connectivity index (χ4v) is 2.73. The van der Waals surface area contributed by atoms with Crippen molar-refractivity contribution in [3.05, 3.63) is 58.9 Å². The van der Waals surface area contributed by atoms with Crippen molar-refractivity contribution in [1.82, 2.24) is 4.98 Å². The molecule has 1 aliphatic rings. The highest BCUT2D eigenvalue weighted by atomic mass is 35.5. The number of nitrogens with one attached hydrogen (secondary N) is 1. The van der Waals surface area contributed by atoms with E-state index >= 15 is 0 Å². The average Bonchev–Trinajstić information content (AvgIpc) is 2.49. The predicted octanol–water partition coefficient (Wildman–Crippen LogP) is 3.48. The molecule has 2 aromatic rings. The molecule has 0 bridgehead atoms. The zero-order chi connectivity index (χ0) is 13.9. The lowest BCUT2D eigenvalue weighted by Gasteiger charge is -2.23. The first-order valence-corrected chi connectivity index (χ1v) is 7.09. The number of fused-ring (bicyclic) bond motifs is 1. The highest BCUT2D eigenvalue weighted by molar-refractivity contribution is 6.29. The van der Waals surface area contributed by atoms with Gasteiger partial charge in [0.05, 0.1) is 11.9 Å². The lowest BCUT2D eigenvalue weighted by Crippen LogP contribution is -2.28. The van der Waals surface area contributed by atoms with Crippen molar-refractivity contribution in [3.8, 4) is 0 Å². The SMILES string of the molecule is O=C(Nc1ccc(Cl)nc1)C1CCc2ccccc2C1. The van der Waals surface area contributed by atoms with Crippen molar-refractivity contribution < 1.29 is 4.79 Å². The summed E-state index contributed by atoms with van der Waals surface area (Å²) in [7, 11) is 0. The number of amides is 1. The van der Waals surface area contributed by atoms with E-state index in [1.165, 1.54) is 11.1 Å². The molecule has 0 saturated heterocycles. The number of carbonyl (C=O) groups excluding carboxylic acids is 1. The van der Waals surface area contributed by atoms with E-state index in [1.54, 1.807) is 18.3 Å². The minimum atomic E-state index is 0.0283. The minimum Gasteiger partial charge on any atom is -0.324 e. The third-order valence-electron chi connectivity index (χ3n) is 3.71. The number of hydrogen-bond acceptors (Lipinski definition) is 2. The number of rotatable bonds is 2. The van der Waals surface area contributed by atoms with E-state index < -0.39 is 0 Å². The molecule has 4 heteroatoms. The Morgan fingerprint density at radius 1 is 1.20 bits per heavy atom. The van der Waals surface area contributed by atoms with E-state index in [-0.39, 0.29) is 11.8 Å². The van der Waals surface area contributed by atoms with Gasteiger partial charge in [0.1, 0.15) is 5.15 Å². The molecular weight excluding hydrogens is 272 g/mol. The maximum Gasteiger partial charge on any atom is 0.227 e. The highest BCUT2D eigenvalue weighted by Crippen LogP contribution is 2.26. The third-order valence-corrected chi connectivity index (χ3v) is 3.94. The van der Waals surface area contributed by atoms with Crippen LogP contribution in [0.5, 0.6) is 0 Å². The van der Waals surface area contributed by atoms with Gasteiger partial charge in [0.2, 0.25) is 5.91 Å². The molecule has 3 nitrogen and oxygen atoms in total. The van der Waals surface area contributed by atoms with Crippen LogP contribution in [-0.4, -0.2) is 10.9 Å². The Labute approximate surface area is 123 Å². The monoisotopic (exact) mass is 286 g/mol. The predicted molar refractivity (Wildman–Crippen MR) is 79.8 cm³/mol. The van der Waals surface area contributed by atoms with Crippen molar-refractivity contribution >= 4 is 23.2 Å². The number of anilines is 1. The molecular formula is C16H15ClN2O. The second-order valence-electron chi connectivity index (χ2n) is 5.07. The lowest BCUT2D eigenvalue weighted by atomic mass is 9.83. The Morgan fingerprint density at radius 2 is 2.00 bits per heavy atom. The van der Waals surface area contributed by atoms with E-state index in [4.69, 9.17) is 11.6 Å². The van der Waals surface area contributed by atoms with Crippen LogP contribution in [0, 0.1) is 5.92 Å². The second-order valence-corrected chi connectivity index (χ2v) is 5.45. The zero-order valence-corrected chi connectivity index (χ0v) is 11.7. The van der Waals surface area contributed by atoms with Gasteiger partial charge in [0.25, 0.3) is 0 Å². The topological polar surface area (TPSA) is 42.0 Å². The maximum absolute atomic E-state index is 12.3. The Morgan fingerprint density at radius 3 is 2.75 bits per heavy atom. The number of aromatic nitrogens is 1. The number of nitrogens with zero attached hydrogens (tertiary/aromatic N) is 1. The van der Waals surface area contributed by atoms with Crippen LogP contribution in [0.4, 0.5) is 5.69 Å². The first-order chi connectivity index (χ1) is 9.72. The van der Waals surface area contributed by atoms with Crippen molar-refractivity contribution in [2.45, 2.75) is 19.3 Å². The van der Waals surface area contributed by atoms with Gasteiger partial charge in [-0.15, -0.1) is 0 Å². The van der Waals surface area contributed by atoms with E-state index in [0.29, 0.717) is 10.8 Å². The molecule has 20 heavy (non-hydrogen) atoms. The standard InChI is InChI=1S/C16H15ClN2O/c17-15-8-7-14(10-18-15)19-16(20)13-6-5-11-3-1-2-4-12(11)9-13/h1-4,7-8,10,13H,5-6,9H2,(H,19,20). The fourth-order valence-electron chi connectivity index (χ4n) is 2.62. The number of aryl methyl sites for hydroxylation is 1. The average molecular weight is 287 g/mol. The van der Waals surface area contributed by atoms with Crippen LogP contribution in [0.25, 0.3) is 0 Å². The quantitative estimate of drug-likeness (QED) is 0.859. The molecule has 1 unspecified atom stereocenters. The van der Waals surface area contributed by atoms with Gasteiger partial charge in [-0.2, -0.15) is 0 Å². The first kappa shape index (κ1) is 13.1. The van der Waals surface area contributed by atoms with Gasteiger partial charge in [-0.05, 0) is 42.5 Å². The van der Waals surface area contributed by atoms with Crippen LogP contribution in [0.3, 0.4) is 0 Å². The molecule has 102 valence electrons. The Bertz CT molecular complexity index is 625. The van der Waals surface area contributed by atoms with Crippen LogP contribution in [-0.2, 0) is 17.6 Å². The molecule has 3 rings (SSSR count). The van der Waals surface area contributed by atoms with Crippen LogP contribution in [0.2, 0.25) is 5.15 Å². The number of pyridine rings is 1. The van der Waals surface area contributed by atoms with Gasteiger partial charge in [-0.3, -0.25) is 4.79 Å². The molecule has 1 amide bonds. The summed E-state index contributed by atoms with van der Waals surface area (Å²) < 4.78 is 0. The van der Waals surface area contributed by atoms with Crippen LogP contribution in [0.1, 0.15) is 17.5 Å². The van der Waals surface area contributed by atoms with E-state index in [9.17, 15) is 4.79 Å². The third kappa shape index (κ3) is 2.83. The van der Waals surface area contributed by atoms with Gasteiger partial charge in [-0.25, -0.2) is 4.98 Å². The zero-order valence-electron chi connectivity index (χ0n) is 11.0. The molecule has 0 spiro atoms. The smallest absolute Gasteiger partial charge is 0.227 e. The summed E-state index contributed by atoms with van der Waals surface area (Å²) in [5.41, 5.74) is 3.34. The summed E-state index contributed by atoms with van der Waals surface area (Å²) in [6, 6.07) is 11.8. The lowest BCUT2D eigenvalue weighted by molar-refractivity contribution is -0.120. The molecule has 1 N–H and O–H groups in total. The summed E-state index contributed by atoms with van der Waals surface area (Å²) >= 11 is 5.73. The van der Waals surface area contributed by atoms with Gasteiger partial charge in [0, 0.05) is 5.92 Å². The van der Waals surface area contributed by atoms with Crippen molar-refractivity contribution in [3.63, 3.8) is 0 Å². The maximum atomic E-state index is 12.3. The fraction of sp³-hybridized carbons (Fsp3) is 0.250. The van der Waals surface area contributed by atoms with Crippen molar-refractivity contribution in [2.75, 3.05) is 5.32 Å². The molecule has 0 saturated carbocycles. The van der Waals surface area contributed by atoms with Gasteiger partial charge >= 0.3 is 0 Å². The normalized spacial score (nSPS) is 17.4. The first-order valence-electron chi connectivity index (χ1n) is 6.71. The highest BCUT2D eigenvalue weighted by Gasteiger charge is 2.24. The molecule has 1 heterocycles. The molecule has 1 atom stereocenters. The Kier molecular flexibility index (Phi) is 3.70. The summed E-state index contributed by atoms with van der Waals surface area (Å²) in [5.74, 6) is 0.0872. The minimum absolute atomic E-state index is 0.0283. The van der Waals surface area contributed by atoms with Crippen molar-refractivity contribution in [2.24, 2.45) is 5.92 Å². The van der Waals surface area contributed by atoms with E-state index in [0.717, 1.165) is 19.3 Å². The van der Waals surface area contributed by atoms with Crippen molar-refractivity contribution in [1.29, 1.82) is 0 Å². The number of halogens is 1. The molecule has 0 aliphatic heterocycles. The van der Waals surface area contributed by atoms with Gasteiger partial charge < -0.3 is 5.32 Å². The largest absolute Gasteiger partial charge is 0.324 e. The molecule has 1 aromatic carbocycles. The summed E-state index contributed by atoms with van der Waals surface area (Å²) in [6.45, 7) is 0. The molecule has 0 fully saturated rings. The van der Waals surface area contributed by atoms with Crippen LogP contribution >= 0.6 is 11.6 Å². The van der Waals surface area contributed by atoms with Gasteiger partial charge in [-0.1, -0.05) is 35.9 Å². The van der Waals surface area contributed by atoms with E-state index in [1.807, 2.05) is 6.07 Å². The molecule has 0 radical (unpaired) electrons. The number of carbonyl (C=O) groups is 1. The van der Waals surface area contributed by atoms with Crippen LogP contribution < -0.4 is 5.32 Å². The number of hydrogen-bond donors (Lipinski definition) is 1. The van der Waals surface area contributed by atoms with Crippen LogP contribution in [0.15, 0.2) is 42.6 Å². The van der Waals surface area contributed by atoms with E-state index in [2.05, 4.69) is 28.5 Å². The summed E-state index contributed by atoms with van der Waals surface area (Å²) in [5, 5.41) is 3.34. The Balaban J connectivity index is 1.68. The van der Waals surface area contributed by atoms with Gasteiger partial charge in [0.15, 0.2) is 0 Å².